The summed E-state index contributed by atoms with van der Waals surface area (Å²) in [5.74, 6) is -1.14. The topological polar surface area (TPSA) is 131 Å². The summed E-state index contributed by atoms with van der Waals surface area (Å²) >= 11 is 0. The molecule has 2 aromatic carbocycles. The van der Waals surface area contributed by atoms with Gasteiger partial charge in [0.15, 0.2) is 0 Å². The highest BCUT2D eigenvalue weighted by Gasteiger charge is 2.18. The van der Waals surface area contributed by atoms with E-state index in [1.807, 2.05) is 26.0 Å². The number of nitrogens with two attached hydrogens (primary N) is 1. The highest BCUT2D eigenvalue weighted by atomic mass is 32.2. The van der Waals surface area contributed by atoms with Crippen LogP contribution in [0.1, 0.15) is 34.6 Å². The molecule has 2 rings (SSSR count). The summed E-state index contributed by atoms with van der Waals surface area (Å²) in [5, 5.41) is 5.10. The predicted octanol–water partition coefficient (Wildman–Crippen LogP) is 1.26. The van der Waals surface area contributed by atoms with Crippen LogP contribution in [0.15, 0.2) is 47.4 Å². The van der Waals surface area contributed by atoms with Gasteiger partial charge in [-0.15, -0.1) is 0 Å². The molecule has 0 saturated carbocycles. The second-order valence-electron chi connectivity index (χ2n) is 6.03. The van der Waals surface area contributed by atoms with E-state index in [0.29, 0.717) is 5.56 Å². The van der Waals surface area contributed by atoms with Crippen LogP contribution < -0.4 is 25.6 Å². The van der Waals surface area contributed by atoms with Gasteiger partial charge in [0.1, 0.15) is 5.75 Å². The van der Waals surface area contributed by atoms with Gasteiger partial charge in [-0.25, -0.2) is 13.6 Å². The van der Waals surface area contributed by atoms with E-state index in [-0.39, 0.29) is 16.2 Å². The summed E-state index contributed by atoms with van der Waals surface area (Å²) in [6.45, 7) is 5.77. The van der Waals surface area contributed by atoms with Gasteiger partial charge in [-0.1, -0.05) is 0 Å². The Morgan fingerprint density at radius 2 is 1.59 bits per heavy atom. The van der Waals surface area contributed by atoms with Crippen molar-refractivity contribution in [1.82, 2.24) is 10.9 Å². The van der Waals surface area contributed by atoms with E-state index in [1.165, 1.54) is 19.2 Å². The smallest absolute Gasteiger partial charge is 0.273 e. The van der Waals surface area contributed by atoms with Crippen LogP contribution in [0.2, 0.25) is 0 Å². The molecule has 2 aromatic rings. The van der Waals surface area contributed by atoms with Crippen LogP contribution >= 0.6 is 0 Å². The highest BCUT2D eigenvalue weighted by molar-refractivity contribution is 7.89. The number of nitrogens with one attached hydrogen (secondary N) is 2. The zero-order valence-corrected chi connectivity index (χ0v) is 17.2. The van der Waals surface area contributed by atoms with Crippen molar-refractivity contribution in [2.75, 3.05) is 25.1 Å². The van der Waals surface area contributed by atoms with E-state index in [1.54, 1.807) is 12.1 Å². The monoisotopic (exact) mass is 420 g/mol. The molecule has 0 unspecified atom stereocenters. The Morgan fingerprint density at radius 1 is 1.00 bits per heavy atom. The second-order valence-corrected chi connectivity index (χ2v) is 7.60. The Morgan fingerprint density at radius 3 is 2.10 bits per heavy atom. The van der Waals surface area contributed by atoms with Gasteiger partial charge in [-0.2, -0.15) is 0 Å². The second kappa shape index (κ2) is 9.39. The molecule has 0 radical (unpaired) electrons. The number of nitrogens with zero attached hydrogens (tertiary/aromatic N) is 1. The van der Waals surface area contributed by atoms with Gasteiger partial charge in [0.25, 0.3) is 11.8 Å². The largest absolute Gasteiger partial charge is 0.496 e. The first kappa shape index (κ1) is 22.2. The van der Waals surface area contributed by atoms with Crippen molar-refractivity contribution in [1.29, 1.82) is 0 Å². The minimum absolute atomic E-state index is 0.0868. The van der Waals surface area contributed by atoms with E-state index in [0.717, 1.165) is 24.8 Å². The molecule has 0 aromatic heterocycles. The van der Waals surface area contributed by atoms with Crippen molar-refractivity contribution >= 4 is 27.5 Å². The van der Waals surface area contributed by atoms with E-state index < -0.39 is 21.8 Å². The number of hydrogen-bond acceptors (Lipinski definition) is 6. The number of rotatable bonds is 7. The highest BCUT2D eigenvalue weighted by Crippen LogP contribution is 2.21. The molecule has 0 aliphatic heterocycles. The zero-order valence-electron chi connectivity index (χ0n) is 16.4. The van der Waals surface area contributed by atoms with Gasteiger partial charge in [-0.3, -0.25) is 20.4 Å². The van der Waals surface area contributed by atoms with Crippen molar-refractivity contribution in [3.05, 3.63) is 53.6 Å². The van der Waals surface area contributed by atoms with Crippen LogP contribution in [0, 0.1) is 0 Å². The summed E-state index contributed by atoms with van der Waals surface area (Å²) in [6.07, 6.45) is 0. The minimum Gasteiger partial charge on any atom is -0.496 e. The molecule has 10 heteroatoms. The number of benzene rings is 2. The van der Waals surface area contributed by atoms with E-state index in [9.17, 15) is 18.0 Å². The Bertz CT molecular complexity index is 986. The molecule has 0 atom stereocenters. The molecule has 0 aliphatic rings. The van der Waals surface area contributed by atoms with Crippen molar-refractivity contribution < 1.29 is 22.7 Å². The summed E-state index contributed by atoms with van der Waals surface area (Å²) in [4.78, 5) is 26.6. The van der Waals surface area contributed by atoms with Crippen molar-refractivity contribution in [2.24, 2.45) is 5.14 Å². The standard InChI is InChI=1S/C19H24N4O5S/c1-4-23(5-2)14-8-6-13(7-9-14)18(24)21-22-19(25)16-12-15(29(20,26)27)10-11-17(16)28-3/h6-12H,4-5H2,1-3H3,(H,21,24)(H,22,25)(H2,20,26,27). The van der Waals surface area contributed by atoms with Gasteiger partial charge >= 0.3 is 0 Å². The predicted molar refractivity (Wildman–Crippen MR) is 109 cm³/mol. The third kappa shape index (κ3) is 5.46. The lowest BCUT2D eigenvalue weighted by molar-refractivity contribution is 0.0845. The number of amides is 2. The molecule has 0 saturated heterocycles. The fraction of sp³-hybridized carbons (Fsp3) is 0.263. The van der Waals surface area contributed by atoms with Crippen molar-refractivity contribution in [3.63, 3.8) is 0 Å². The molecular weight excluding hydrogens is 396 g/mol. The van der Waals surface area contributed by atoms with Gasteiger partial charge < -0.3 is 9.64 Å². The molecular formula is C19H24N4O5S. The molecule has 2 amide bonds. The first-order valence-corrected chi connectivity index (χ1v) is 10.4. The Labute approximate surface area is 169 Å². The molecule has 0 bridgehead atoms. The average molecular weight is 420 g/mol. The van der Waals surface area contributed by atoms with Gasteiger partial charge in [-0.05, 0) is 56.3 Å². The maximum atomic E-state index is 12.4. The zero-order chi connectivity index (χ0) is 21.6. The molecule has 0 heterocycles. The normalized spacial score (nSPS) is 10.9. The van der Waals surface area contributed by atoms with Crippen LogP contribution in [0.4, 0.5) is 5.69 Å². The number of methoxy groups -OCH3 is 1. The number of hydrazine groups is 1. The molecule has 0 spiro atoms. The summed E-state index contributed by atoms with van der Waals surface area (Å²) in [5.41, 5.74) is 5.79. The fourth-order valence-corrected chi connectivity index (χ4v) is 3.25. The van der Waals surface area contributed by atoms with Crippen LogP contribution in [0.3, 0.4) is 0 Å². The van der Waals surface area contributed by atoms with Crippen LogP contribution in [0.25, 0.3) is 0 Å². The number of anilines is 1. The third-order valence-corrected chi connectivity index (χ3v) is 5.20. The molecule has 9 nitrogen and oxygen atoms in total. The Balaban J connectivity index is 2.11. The lowest BCUT2D eigenvalue weighted by atomic mass is 10.2. The van der Waals surface area contributed by atoms with E-state index in [4.69, 9.17) is 9.88 Å². The quantitative estimate of drug-likeness (QED) is 0.578. The summed E-state index contributed by atoms with van der Waals surface area (Å²) in [7, 11) is -2.67. The summed E-state index contributed by atoms with van der Waals surface area (Å²) < 4.78 is 28.1. The molecule has 29 heavy (non-hydrogen) atoms. The Hall–Kier alpha value is -3.11. The number of ether oxygens (including phenoxy) is 1. The first-order chi connectivity index (χ1) is 13.7. The molecule has 156 valence electrons. The van der Waals surface area contributed by atoms with Crippen LogP contribution in [-0.2, 0) is 10.0 Å². The molecule has 0 fully saturated rings. The maximum Gasteiger partial charge on any atom is 0.273 e. The Kier molecular flexibility index (Phi) is 7.18. The summed E-state index contributed by atoms with van der Waals surface area (Å²) in [6, 6.07) is 10.6. The number of carbonyl (C=O) groups is 2. The number of hydrogen-bond donors (Lipinski definition) is 3. The number of carbonyl (C=O) groups excluding carboxylic acids is 2. The lowest BCUT2D eigenvalue weighted by Gasteiger charge is -2.21. The number of sulfonamides is 1. The number of primary sulfonamides is 1. The molecule has 4 N–H and O–H groups in total. The van der Waals surface area contributed by atoms with Gasteiger partial charge in [0.05, 0.1) is 17.6 Å². The van der Waals surface area contributed by atoms with Crippen molar-refractivity contribution in [2.45, 2.75) is 18.7 Å². The third-order valence-electron chi connectivity index (χ3n) is 4.29. The average Bonchev–Trinajstić information content (AvgIpc) is 2.72. The molecule has 0 aliphatic carbocycles. The van der Waals surface area contributed by atoms with Crippen LogP contribution in [0.5, 0.6) is 5.75 Å². The van der Waals surface area contributed by atoms with Gasteiger partial charge in [0.2, 0.25) is 10.0 Å². The SMILES string of the molecule is CCN(CC)c1ccc(C(=O)NNC(=O)c2cc(S(N)(=O)=O)ccc2OC)cc1. The van der Waals surface area contributed by atoms with Crippen molar-refractivity contribution in [3.8, 4) is 5.75 Å². The van der Waals surface area contributed by atoms with E-state index >= 15 is 0 Å². The first-order valence-electron chi connectivity index (χ1n) is 8.87. The van der Waals surface area contributed by atoms with Crippen LogP contribution in [-0.4, -0.2) is 40.4 Å². The van der Waals surface area contributed by atoms with Gasteiger partial charge in [0, 0.05) is 24.3 Å². The maximum absolute atomic E-state index is 12.4. The fourth-order valence-electron chi connectivity index (χ4n) is 2.71. The minimum atomic E-state index is -4.00. The lowest BCUT2D eigenvalue weighted by Crippen LogP contribution is -2.41. The van der Waals surface area contributed by atoms with E-state index in [2.05, 4.69) is 15.8 Å².